The second kappa shape index (κ2) is 13.3. The Labute approximate surface area is 321 Å². The summed E-state index contributed by atoms with van der Waals surface area (Å²) in [7, 11) is 0. The van der Waals surface area contributed by atoms with Crippen molar-refractivity contribution in [3.05, 3.63) is 203 Å². The summed E-state index contributed by atoms with van der Waals surface area (Å²) in [6, 6.07) is 61.9. The van der Waals surface area contributed by atoms with Gasteiger partial charge in [-0.1, -0.05) is 146 Å². The minimum absolute atomic E-state index is 0.00654. The van der Waals surface area contributed by atoms with Gasteiger partial charge in [0, 0.05) is 11.1 Å². The van der Waals surface area contributed by atoms with Crippen LogP contribution in [0, 0.1) is 0 Å². The molecular weight excluding hydrogens is 671 g/mol. The Morgan fingerprint density at radius 2 is 1.11 bits per heavy atom. The zero-order valence-corrected chi connectivity index (χ0v) is 30.4. The van der Waals surface area contributed by atoms with Crippen molar-refractivity contribution in [3.8, 4) is 0 Å². The zero-order chi connectivity index (χ0) is 36.3. The predicted molar refractivity (Wildman–Crippen MR) is 228 cm³/mol. The molecule has 8 aromatic carbocycles. The first-order valence-electron chi connectivity index (χ1n) is 19.4. The van der Waals surface area contributed by atoms with Crippen LogP contribution in [0.1, 0.15) is 52.7 Å². The Hall–Kier alpha value is -6.24. The molecule has 4 N–H and O–H groups in total. The van der Waals surface area contributed by atoms with Gasteiger partial charge in [0.1, 0.15) is 6.17 Å². The fourth-order valence-electron chi connectivity index (χ4n) is 9.08. The molecule has 55 heavy (non-hydrogen) atoms. The number of benzene rings is 8. The number of anilines is 3. The number of para-hydroxylation sites is 1. The normalized spacial score (nSPS) is 20.6. The van der Waals surface area contributed by atoms with Crippen molar-refractivity contribution in [1.29, 1.82) is 0 Å². The topological polar surface area (TPSA) is 51.4 Å². The van der Waals surface area contributed by atoms with E-state index in [4.69, 9.17) is 0 Å². The van der Waals surface area contributed by atoms with Crippen LogP contribution < -0.4 is 26.2 Å². The van der Waals surface area contributed by atoms with Crippen molar-refractivity contribution in [3.63, 3.8) is 0 Å². The summed E-state index contributed by atoms with van der Waals surface area (Å²) >= 11 is 0. The minimum atomic E-state index is -0.0994. The molecule has 2 aliphatic heterocycles. The summed E-state index contributed by atoms with van der Waals surface area (Å²) in [6.07, 6.45) is 4.26. The summed E-state index contributed by atoms with van der Waals surface area (Å²) in [6.45, 7) is 0. The Kier molecular flexibility index (Phi) is 7.76. The average molecular weight is 712 g/mol. The van der Waals surface area contributed by atoms with Crippen LogP contribution in [0.2, 0.25) is 0 Å². The molecule has 1 fully saturated rings. The molecule has 5 heteroatoms. The largest absolute Gasteiger partial charge is 0.359 e. The molecule has 0 aromatic heterocycles. The molecule has 1 aliphatic carbocycles. The molecule has 11 rings (SSSR count). The van der Waals surface area contributed by atoms with Gasteiger partial charge in [-0.25, -0.2) is 0 Å². The highest BCUT2D eigenvalue weighted by Crippen LogP contribution is 2.51. The van der Waals surface area contributed by atoms with Gasteiger partial charge in [0.2, 0.25) is 0 Å². The maximum atomic E-state index is 4.02. The summed E-state index contributed by atoms with van der Waals surface area (Å²) in [5.41, 5.74) is 11.3. The summed E-state index contributed by atoms with van der Waals surface area (Å²) in [4.78, 5) is 2.49. The first-order chi connectivity index (χ1) is 27.2. The Morgan fingerprint density at radius 1 is 0.473 bits per heavy atom. The van der Waals surface area contributed by atoms with E-state index >= 15 is 0 Å². The van der Waals surface area contributed by atoms with E-state index in [-0.39, 0.29) is 24.7 Å². The molecule has 0 bridgehead atoms. The molecule has 0 spiro atoms. The molecule has 266 valence electrons. The standard InChI is InChI=1S/C50H41N5/c1-3-13-36(14-4-1)50-51-44-28-27-35-23-21-34-22-26-41(31-43(34)45(35)46(44)55(50)42-17-5-2-6-18-42)49-53-47(39-24-19-32-11-7-9-15-37(32)29-39)52-48(54-49)40-25-20-33-12-8-10-16-38(33)30-40/h1-19,21-24,26-31,47-54H,20,25H2. The maximum absolute atomic E-state index is 4.02. The number of nitrogens with one attached hydrogen (secondary N) is 4. The third-order valence-corrected chi connectivity index (χ3v) is 11.8. The van der Waals surface area contributed by atoms with Crippen molar-refractivity contribution in [2.45, 2.75) is 37.5 Å². The molecule has 4 unspecified atom stereocenters. The van der Waals surface area contributed by atoms with Gasteiger partial charge < -0.3 is 10.2 Å². The number of rotatable bonds is 5. The van der Waals surface area contributed by atoms with Gasteiger partial charge in [-0.2, -0.15) is 0 Å². The van der Waals surface area contributed by atoms with Crippen LogP contribution >= 0.6 is 0 Å². The first-order valence-corrected chi connectivity index (χ1v) is 19.4. The highest BCUT2D eigenvalue weighted by Gasteiger charge is 2.35. The number of hydrogen-bond donors (Lipinski definition) is 4. The van der Waals surface area contributed by atoms with Crippen molar-refractivity contribution >= 4 is 55.5 Å². The first kappa shape index (κ1) is 32.2. The van der Waals surface area contributed by atoms with E-state index in [2.05, 4.69) is 202 Å². The maximum Gasteiger partial charge on any atom is 0.130 e. The second-order valence-electron chi connectivity index (χ2n) is 15.1. The highest BCUT2D eigenvalue weighted by atomic mass is 15.4. The van der Waals surface area contributed by atoms with Gasteiger partial charge in [0.05, 0.1) is 29.9 Å². The van der Waals surface area contributed by atoms with Gasteiger partial charge >= 0.3 is 0 Å². The van der Waals surface area contributed by atoms with Crippen molar-refractivity contribution < 1.29 is 0 Å². The van der Waals surface area contributed by atoms with Crippen molar-refractivity contribution in [2.24, 2.45) is 0 Å². The van der Waals surface area contributed by atoms with E-state index in [9.17, 15) is 0 Å². The van der Waals surface area contributed by atoms with E-state index < -0.39 is 0 Å². The predicted octanol–water partition coefficient (Wildman–Crippen LogP) is 11.2. The van der Waals surface area contributed by atoms with Gasteiger partial charge in [-0.15, -0.1) is 0 Å². The number of nitrogens with zero attached hydrogens (tertiary/aromatic N) is 1. The van der Waals surface area contributed by atoms with Crippen LogP contribution in [-0.2, 0) is 6.42 Å². The van der Waals surface area contributed by atoms with E-state index in [1.54, 1.807) is 0 Å². The summed E-state index contributed by atoms with van der Waals surface area (Å²) in [5, 5.41) is 23.4. The lowest BCUT2D eigenvalue weighted by Gasteiger charge is -2.41. The lowest BCUT2D eigenvalue weighted by Crippen LogP contribution is -2.59. The molecule has 5 nitrogen and oxygen atoms in total. The van der Waals surface area contributed by atoms with Gasteiger partial charge in [0.15, 0.2) is 0 Å². The van der Waals surface area contributed by atoms with Crippen LogP contribution in [0.3, 0.4) is 0 Å². The van der Waals surface area contributed by atoms with E-state index in [1.165, 1.54) is 71.4 Å². The molecule has 2 heterocycles. The third-order valence-electron chi connectivity index (χ3n) is 11.8. The number of fused-ring (bicyclic) bond motifs is 7. The average Bonchev–Trinajstić information content (AvgIpc) is 3.66. The molecule has 3 aliphatic rings. The van der Waals surface area contributed by atoms with E-state index in [0.717, 1.165) is 24.2 Å². The lowest BCUT2D eigenvalue weighted by atomic mass is 9.90. The van der Waals surface area contributed by atoms with Crippen LogP contribution in [0.15, 0.2) is 175 Å². The summed E-state index contributed by atoms with van der Waals surface area (Å²) in [5.74, 6) is 0. The molecular formula is C50H41N5. The number of hydrogen-bond acceptors (Lipinski definition) is 5. The molecule has 0 saturated carbocycles. The fraction of sp³-hybridized carbons (Fsp3) is 0.120. The molecule has 8 aromatic rings. The SMILES string of the molecule is C1=C(C2NC(c3ccc4ccccc4c3)NC(c3ccc4ccc5ccc6c(c5c4c3)N(c3ccccc3)C(c3ccccc3)N6)N2)CCc2ccccc21. The smallest absolute Gasteiger partial charge is 0.130 e. The van der Waals surface area contributed by atoms with E-state index in [0.29, 0.717) is 0 Å². The summed E-state index contributed by atoms with van der Waals surface area (Å²) < 4.78 is 0. The van der Waals surface area contributed by atoms with Crippen LogP contribution in [-0.4, -0.2) is 6.17 Å². The Morgan fingerprint density at radius 3 is 1.95 bits per heavy atom. The van der Waals surface area contributed by atoms with Gasteiger partial charge in [-0.3, -0.25) is 16.0 Å². The zero-order valence-electron chi connectivity index (χ0n) is 30.4. The molecule has 0 amide bonds. The van der Waals surface area contributed by atoms with Crippen molar-refractivity contribution in [2.75, 3.05) is 10.2 Å². The Bertz CT molecular complexity index is 2760. The van der Waals surface area contributed by atoms with Crippen LogP contribution in [0.5, 0.6) is 0 Å². The third kappa shape index (κ3) is 5.67. The van der Waals surface area contributed by atoms with Crippen LogP contribution in [0.4, 0.5) is 17.1 Å². The van der Waals surface area contributed by atoms with Gasteiger partial charge in [-0.05, 0) is 103 Å². The van der Waals surface area contributed by atoms with Crippen molar-refractivity contribution in [1.82, 2.24) is 16.0 Å². The fourth-order valence-corrected chi connectivity index (χ4v) is 9.08. The van der Waals surface area contributed by atoms with Crippen LogP contribution in [0.25, 0.3) is 38.4 Å². The molecule has 0 radical (unpaired) electrons. The monoisotopic (exact) mass is 711 g/mol. The molecule has 4 atom stereocenters. The second-order valence-corrected chi connectivity index (χ2v) is 15.1. The number of aryl methyl sites for hydroxylation is 1. The highest BCUT2D eigenvalue weighted by molar-refractivity contribution is 6.18. The van der Waals surface area contributed by atoms with Gasteiger partial charge in [0.25, 0.3) is 0 Å². The van der Waals surface area contributed by atoms with E-state index in [1.807, 2.05) is 0 Å². The molecule has 1 saturated heterocycles. The lowest BCUT2D eigenvalue weighted by molar-refractivity contribution is 0.220. The quantitative estimate of drug-likeness (QED) is 0.134. The Balaban J connectivity index is 1.05. The minimum Gasteiger partial charge on any atom is -0.359 e.